The highest BCUT2D eigenvalue weighted by Crippen LogP contribution is 2.22. The van der Waals surface area contributed by atoms with E-state index >= 15 is 0 Å². The van der Waals surface area contributed by atoms with Crippen LogP contribution in [0.2, 0.25) is 0 Å². The van der Waals surface area contributed by atoms with E-state index in [1.54, 1.807) is 0 Å². The number of hydrogen-bond donors (Lipinski definition) is 2. The Morgan fingerprint density at radius 2 is 2.38 bits per heavy atom. The maximum Gasteiger partial charge on any atom is 0.246 e. The van der Waals surface area contributed by atoms with Gasteiger partial charge in [-0.3, -0.25) is 5.10 Å². The van der Waals surface area contributed by atoms with Gasteiger partial charge in [-0.25, -0.2) is 8.42 Å². The van der Waals surface area contributed by atoms with Crippen molar-refractivity contribution in [1.29, 1.82) is 0 Å². The van der Waals surface area contributed by atoms with Crippen LogP contribution in [-0.2, 0) is 10.0 Å². The Morgan fingerprint density at radius 3 is 2.94 bits per heavy atom. The van der Waals surface area contributed by atoms with E-state index < -0.39 is 10.0 Å². The maximum atomic E-state index is 12.1. The Kier molecular flexibility index (Phi) is 3.00. The molecule has 0 bridgehead atoms. The van der Waals surface area contributed by atoms with Crippen molar-refractivity contribution >= 4 is 10.0 Å². The summed E-state index contributed by atoms with van der Waals surface area (Å²) >= 11 is 0. The van der Waals surface area contributed by atoms with Crippen LogP contribution in [0.1, 0.15) is 13.3 Å². The molecule has 0 saturated carbocycles. The van der Waals surface area contributed by atoms with Gasteiger partial charge in [-0.1, -0.05) is 6.92 Å². The summed E-state index contributed by atoms with van der Waals surface area (Å²) in [4.78, 5) is 0.218. The Bertz CT molecular complexity index is 442. The Labute approximate surface area is 94.9 Å². The van der Waals surface area contributed by atoms with Gasteiger partial charge in [0.15, 0.2) is 0 Å². The summed E-state index contributed by atoms with van der Waals surface area (Å²) in [5, 5.41) is 6.18. The third-order valence-electron chi connectivity index (χ3n) is 3.05. The Hall–Kier alpha value is -0.920. The first kappa shape index (κ1) is 11.6. The van der Waals surface area contributed by atoms with Crippen molar-refractivity contribution in [1.82, 2.24) is 14.5 Å². The average molecular weight is 244 g/mol. The first-order chi connectivity index (χ1) is 7.51. The molecule has 0 aromatic carbocycles. The molecule has 1 fully saturated rings. The fraction of sp³-hybridized carbons (Fsp3) is 0.667. The summed E-state index contributed by atoms with van der Waals surface area (Å²) in [6, 6.07) is 0.0933. The molecule has 0 amide bonds. The van der Waals surface area contributed by atoms with Gasteiger partial charge in [0.05, 0.1) is 6.20 Å². The summed E-state index contributed by atoms with van der Waals surface area (Å²) in [5.74, 6) is 0.190. The van der Waals surface area contributed by atoms with Gasteiger partial charge in [0.25, 0.3) is 0 Å². The zero-order valence-corrected chi connectivity index (χ0v) is 9.94. The molecule has 0 aliphatic carbocycles. The van der Waals surface area contributed by atoms with Gasteiger partial charge >= 0.3 is 0 Å². The Balaban J connectivity index is 2.20. The van der Waals surface area contributed by atoms with E-state index in [9.17, 15) is 8.42 Å². The summed E-state index contributed by atoms with van der Waals surface area (Å²) in [7, 11) is -3.39. The molecule has 2 atom stereocenters. The normalized spacial score (nSPS) is 28.1. The molecular formula is C9H16N4O2S. The van der Waals surface area contributed by atoms with Gasteiger partial charge < -0.3 is 5.73 Å². The standard InChI is InChI=1S/C9H16N4O2S/c1-7-6-13(3-2-9(7)10)16(14,15)8-4-11-12-5-8/h4-5,7,9H,2-3,6,10H2,1H3,(H,11,12). The monoisotopic (exact) mass is 244 g/mol. The molecule has 3 N–H and O–H groups in total. The van der Waals surface area contributed by atoms with Crippen LogP contribution < -0.4 is 5.73 Å². The Morgan fingerprint density at radius 1 is 1.62 bits per heavy atom. The lowest BCUT2D eigenvalue weighted by Crippen LogP contribution is -2.47. The second-order valence-electron chi connectivity index (χ2n) is 4.23. The largest absolute Gasteiger partial charge is 0.327 e. The fourth-order valence-corrected chi connectivity index (χ4v) is 3.34. The van der Waals surface area contributed by atoms with Crippen LogP contribution in [0.25, 0.3) is 0 Å². The SMILES string of the molecule is CC1CN(S(=O)(=O)c2cn[nH]c2)CCC1N. The lowest BCUT2D eigenvalue weighted by molar-refractivity contribution is 0.250. The van der Waals surface area contributed by atoms with Crippen LogP contribution in [0.15, 0.2) is 17.3 Å². The van der Waals surface area contributed by atoms with Crippen molar-refractivity contribution in [3.8, 4) is 0 Å². The lowest BCUT2D eigenvalue weighted by Gasteiger charge is -2.33. The molecule has 1 aliphatic rings. The number of nitrogens with zero attached hydrogens (tertiary/aromatic N) is 2. The summed E-state index contributed by atoms with van der Waals surface area (Å²) in [6.07, 6.45) is 3.43. The van der Waals surface area contributed by atoms with Crippen LogP contribution in [0.3, 0.4) is 0 Å². The first-order valence-electron chi connectivity index (χ1n) is 5.26. The second-order valence-corrected chi connectivity index (χ2v) is 6.16. The zero-order valence-electron chi connectivity index (χ0n) is 9.13. The predicted molar refractivity (Wildman–Crippen MR) is 59.1 cm³/mol. The number of hydrogen-bond acceptors (Lipinski definition) is 4. The minimum Gasteiger partial charge on any atom is -0.327 e. The zero-order chi connectivity index (χ0) is 11.8. The third kappa shape index (κ3) is 1.98. The molecule has 1 saturated heterocycles. The molecule has 16 heavy (non-hydrogen) atoms. The number of nitrogens with two attached hydrogens (primary N) is 1. The van der Waals surface area contributed by atoms with E-state index in [2.05, 4.69) is 10.2 Å². The molecule has 2 heterocycles. The maximum absolute atomic E-state index is 12.1. The van der Waals surface area contributed by atoms with Crippen molar-refractivity contribution in [2.45, 2.75) is 24.3 Å². The molecule has 90 valence electrons. The van der Waals surface area contributed by atoms with E-state index in [-0.39, 0.29) is 16.9 Å². The third-order valence-corrected chi connectivity index (χ3v) is 4.88. The van der Waals surface area contributed by atoms with E-state index in [0.717, 1.165) is 0 Å². The first-order valence-corrected chi connectivity index (χ1v) is 6.70. The molecule has 6 nitrogen and oxygen atoms in total. The van der Waals surface area contributed by atoms with Gasteiger partial charge in [-0.05, 0) is 12.3 Å². The van der Waals surface area contributed by atoms with E-state index in [1.807, 2.05) is 6.92 Å². The van der Waals surface area contributed by atoms with E-state index in [0.29, 0.717) is 19.5 Å². The second kappa shape index (κ2) is 4.15. The highest BCUT2D eigenvalue weighted by Gasteiger charge is 2.32. The number of aromatic amines is 1. The topological polar surface area (TPSA) is 92.1 Å². The molecule has 1 aliphatic heterocycles. The number of piperidine rings is 1. The molecule has 0 spiro atoms. The fourth-order valence-electron chi connectivity index (χ4n) is 1.87. The summed E-state index contributed by atoms with van der Waals surface area (Å²) in [5.41, 5.74) is 5.86. The molecule has 1 aromatic rings. The lowest BCUT2D eigenvalue weighted by atomic mass is 9.96. The van der Waals surface area contributed by atoms with Crippen molar-refractivity contribution in [3.05, 3.63) is 12.4 Å². The summed E-state index contributed by atoms with van der Waals surface area (Å²) < 4.78 is 25.7. The van der Waals surface area contributed by atoms with Crippen molar-refractivity contribution in [2.24, 2.45) is 11.7 Å². The smallest absolute Gasteiger partial charge is 0.246 e. The minimum absolute atomic E-state index is 0.0933. The van der Waals surface area contributed by atoms with Gasteiger partial charge in [-0.2, -0.15) is 9.40 Å². The van der Waals surface area contributed by atoms with Crippen LogP contribution in [0, 0.1) is 5.92 Å². The molecule has 1 aromatic heterocycles. The van der Waals surface area contributed by atoms with Crippen molar-refractivity contribution in [3.63, 3.8) is 0 Å². The molecule has 2 unspecified atom stereocenters. The highest BCUT2D eigenvalue weighted by atomic mass is 32.2. The van der Waals surface area contributed by atoms with Gasteiger partial charge in [-0.15, -0.1) is 0 Å². The minimum atomic E-state index is -3.39. The van der Waals surface area contributed by atoms with Crippen molar-refractivity contribution < 1.29 is 8.42 Å². The molecule has 2 rings (SSSR count). The number of H-pyrrole nitrogens is 1. The van der Waals surface area contributed by atoms with Gasteiger partial charge in [0.1, 0.15) is 4.90 Å². The number of rotatable bonds is 2. The molecule has 0 radical (unpaired) electrons. The number of nitrogens with one attached hydrogen (secondary N) is 1. The van der Waals surface area contributed by atoms with Gasteiger partial charge in [0.2, 0.25) is 10.0 Å². The van der Waals surface area contributed by atoms with E-state index in [1.165, 1.54) is 16.7 Å². The van der Waals surface area contributed by atoms with E-state index in [4.69, 9.17) is 5.73 Å². The molecular weight excluding hydrogens is 228 g/mol. The quantitative estimate of drug-likeness (QED) is 0.751. The highest BCUT2D eigenvalue weighted by molar-refractivity contribution is 7.89. The van der Waals surface area contributed by atoms with Crippen LogP contribution in [0.4, 0.5) is 0 Å². The summed E-state index contributed by atoms with van der Waals surface area (Å²) in [6.45, 7) is 2.94. The van der Waals surface area contributed by atoms with Crippen LogP contribution in [-0.4, -0.2) is 42.1 Å². The average Bonchev–Trinajstić information content (AvgIpc) is 2.75. The van der Waals surface area contributed by atoms with Crippen LogP contribution >= 0.6 is 0 Å². The number of aromatic nitrogens is 2. The molecule has 7 heteroatoms. The van der Waals surface area contributed by atoms with Crippen LogP contribution in [0.5, 0.6) is 0 Å². The predicted octanol–water partition coefficient (Wildman–Crippen LogP) is -0.232. The van der Waals surface area contributed by atoms with Gasteiger partial charge in [0, 0.05) is 25.3 Å². The van der Waals surface area contributed by atoms with Crippen molar-refractivity contribution in [2.75, 3.05) is 13.1 Å². The number of sulfonamides is 1.